The van der Waals surface area contributed by atoms with Gasteiger partial charge in [0.1, 0.15) is 5.75 Å². The summed E-state index contributed by atoms with van der Waals surface area (Å²) in [7, 11) is 3.51. The Morgan fingerprint density at radius 3 is 2.65 bits per heavy atom. The highest BCUT2D eigenvalue weighted by Gasteiger charge is 2.20. The maximum absolute atomic E-state index is 5.32. The average Bonchev–Trinajstić information content (AvgIpc) is 3.08. The van der Waals surface area contributed by atoms with Crippen molar-refractivity contribution in [2.24, 2.45) is 4.99 Å². The summed E-state index contributed by atoms with van der Waals surface area (Å²) in [6.07, 6.45) is 0. The highest BCUT2D eigenvalue weighted by atomic mass is 127. The smallest absolute Gasteiger partial charge is 0.194 e. The molecule has 1 aliphatic heterocycles. The first-order chi connectivity index (χ1) is 12.2. The molecule has 3 rings (SSSR count). The molecule has 1 fully saturated rings. The van der Waals surface area contributed by atoms with Crippen LogP contribution in [0.1, 0.15) is 11.5 Å². The molecule has 0 spiro atoms. The summed E-state index contributed by atoms with van der Waals surface area (Å²) in [5, 5.41) is 7.25. The lowest BCUT2D eigenvalue weighted by Crippen LogP contribution is -2.52. The molecular weight excluding hydrogens is 445 g/mol. The number of nitrogens with one attached hydrogen (secondary N) is 1. The van der Waals surface area contributed by atoms with Crippen LogP contribution in [0.3, 0.4) is 0 Å². The average molecular weight is 471 g/mol. The number of aryl methyl sites for hydroxylation is 1. The summed E-state index contributed by atoms with van der Waals surface area (Å²) in [5.41, 5.74) is 2.08. The molecule has 0 unspecified atom stereocenters. The molecule has 0 bridgehead atoms. The van der Waals surface area contributed by atoms with E-state index in [9.17, 15) is 0 Å². The fraction of sp³-hybridized carbons (Fsp3) is 0.444. The van der Waals surface area contributed by atoms with Gasteiger partial charge < -0.3 is 24.4 Å². The number of ether oxygens (including phenoxy) is 1. The number of hydrogen-bond donors (Lipinski definition) is 1. The Labute approximate surface area is 171 Å². The number of aromatic nitrogens is 1. The third-order valence-electron chi connectivity index (χ3n) is 4.31. The molecule has 1 saturated heterocycles. The summed E-state index contributed by atoms with van der Waals surface area (Å²) in [6.45, 7) is 6.20. The summed E-state index contributed by atoms with van der Waals surface area (Å²) in [6, 6.07) is 10.1. The van der Waals surface area contributed by atoms with Crippen LogP contribution in [-0.4, -0.2) is 56.4 Å². The van der Waals surface area contributed by atoms with E-state index in [4.69, 9.17) is 9.26 Å². The highest BCUT2D eigenvalue weighted by molar-refractivity contribution is 14.0. The molecule has 142 valence electrons. The van der Waals surface area contributed by atoms with E-state index in [2.05, 4.69) is 37.4 Å². The normalized spacial score (nSPS) is 14.8. The maximum atomic E-state index is 5.32. The minimum atomic E-state index is 0. The van der Waals surface area contributed by atoms with Crippen molar-refractivity contribution >= 4 is 35.6 Å². The van der Waals surface area contributed by atoms with Crippen LogP contribution in [0.4, 0.5) is 5.69 Å². The number of piperazine rings is 1. The van der Waals surface area contributed by atoms with Gasteiger partial charge in [-0.05, 0) is 19.1 Å². The Kier molecular flexibility index (Phi) is 7.55. The molecule has 1 aromatic carbocycles. The van der Waals surface area contributed by atoms with Gasteiger partial charge in [0, 0.05) is 51.0 Å². The molecule has 2 heterocycles. The lowest BCUT2D eigenvalue weighted by molar-refractivity contribution is 0.356. The quantitative estimate of drug-likeness (QED) is 0.420. The first kappa shape index (κ1) is 20.3. The number of hydrogen-bond acceptors (Lipinski definition) is 5. The van der Waals surface area contributed by atoms with Gasteiger partial charge in [0.05, 0.1) is 19.3 Å². The van der Waals surface area contributed by atoms with E-state index < -0.39 is 0 Å². The first-order valence-corrected chi connectivity index (χ1v) is 8.46. The topological polar surface area (TPSA) is 66.1 Å². The number of rotatable bonds is 4. The molecule has 0 saturated carbocycles. The number of halogens is 1. The summed E-state index contributed by atoms with van der Waals surface area (Å²) in [5.74, 6) is 2.59. The van der Waals surface area contributed by atoms with Gasteiger partial charge in [-0.3, -0.25) is 4.99 Å². The molecule has 8 heteroatoms. The lowest BCUT2D eigenvalue weighted by atomic mass is 10.2. The molecule has 0 radical (unpaired) electrons. The van der Waals surface area contributed by atoms with Crippen molar-refractivity contribution in [3.05, 3.63) is 41.8 Å². The second kappa shape index (κ2) is 9.65. The third-order valence-corrected chi connectivity index (χ3v) is 4.31. The molecular formula is C18H26IN5O2. The van der Waals surface area contributed by atoms with Crippen LogP contribution in [-0.2, 0) is 6.54 Å². The van der Waals surface area contributed by atoms with Crippen LogP contribution in [0.15, 0.2) is 39.8 Å². The van der Waals surface area contributed by atoms with Crippen molar-refractivity contribution in [3.8, 4) is 5.75 Å². The van der Waals surface area contributed by atoms with Crippen LogP contribution in [0.2, 0.25) is 0 Å². The molecule has 26 heavy (non-hydrogen) atoms. The van der Waals surface area contributed by atoms with Gasteiger partial charge in [0.15, 0.2) is 11.7 Å². The van der Waals surface area contributed by atoms with Crippen molar-refractivity contribution in [1.29, 1.82) is 0 Å². The predicted octanol–water partition coefficient (Wildman–Crippen LogP) is 2.51. The third kappa shape index (κ3) is 5.03. The van der Waals surface area contributed by atoms with E-state index in [0.717, 1.165) is 49.3 Å². The fourth-order valence-electron chi connectivity index (χ4n) is 2.98. The Hall–Kier alpha value is -1.97. The predicted molar refractivity (Wildman–Crippen MR) is 114 cm³/mol. The Bertz CT molecular complexity index is 726. The van der Waals surface area contributed by atoms with Gasteiger partial charge >= 0.3 is 0 Å². The van der Waals surface area contributed by atoms with Gasteiger partial charge in [0.25, 0.3) is 0 Å². The van der Waals surface area contributed by atoms with Crippen molar-refractivity contribution in [2.45, 2.75) is 13.5 Å². The van der Waals surface area contributed by atoms with Crippen LogP contribution in [0.25, 0.3) is 0 Å². The number of aliphatic imine (C=N–C) groups is 1. The van der Waals surface area contributed by atoms with E-state index in [1.54, 1.807) is 7.11 Å². The van der Waals surface area contributed by atoms with Gasteiger partial charge in [0.2, 0.25) is 0 Å². The van der Waals surface area contributed by atoms with Crippen LogP contribution in [0, 0.1) is 6.92 Å². The van der Waals surface area contributed by atoms with Crippen LogP contribution in [0.5, 0.6) is 5.75 Å². The highest BCUT2D eigenvalue weighted by Crippen LogP contribution is 2.22. The number of nitrogens with zero attached hydrogens (tertiary/aromatic N) is 4. The minimum absolute atomic E-state index is 0. The molecule has 1 aliphatic rings. The fourth-order valence-corrected chi connectivity index (χ4v) is 2.98. The molecule has 0 aliphatic carbocycles. The monoisotopic (exact) mass is 471 g/mol. The van der Waals surface area contributed by atoms with E-state index in [0.29, 0.717) is 6.54 Å². The van der Waals surface area contributed by atoms with Gasteiger partial charge in [-0.25, -0.2) is 0 Å². The van der Waals surface area contributed by atoms with Crippen molar-refractivity contribution in [1.82, 2.24) is 15.4 Å². The van der Waals surface area contributed by atoms with Crippen LogP contribution < -0.4 is 15.0 Å². The summed E-state index contributed by atoms with van der Waals surface area (Å²) < 4.78 is 10.6. The molecule has 0 amide bonds. The Morgan fingerprint density at radius 2 is 2.04 bits per heavy atom. The molecule has 2 aromatic rings. The molecule has 1 N–H and O–H groups in total. The van der Waals surface area contributed by atoms with Gasteiger partial charge in [-0.15, -0.1) is 24.0 Å². The second-order valence-corrected chi connectivity index (χ2v) is 6.01. The number of guanidine groups is 1. The summed E-state index contributed by atoms with van der Waals surface area (Å²) in [4.78, 5) is 9.02. The van der Waals surface area contributed by atoms with Gasteiger partial charge in [-0.1, -0.05) is 11.2 Å². The van der Waals surface area contributed by atoms with Crippen LogP contribution >= 0.6 is 24.0 Å². The zero-order chi connectivity index (χ0) is 17.6. The number of anilines is 1. The maximum Gasteiger partial charge on any atom is 0.194 e. The SMILES string of the molecule is CN=C(NCc1cc(C)no1)N1CCN(c2cccc(OC)c2)CC1.I. The second-order valence-electron chi connectivity index (χ2n) is 6.01. The number of benzene rings is 1. The Balaban J connectivity index is 0.00000243. The van der Waals surface area contributed by atoms with Crippen molar-refractivity contribution in [2.75, 3.05) is 45.2 Å². The van der Waals surface area contributed by atoms with E-state index >= 15 is 0 Å². The van der Waals surface area contributed by atoms with Gasteiger partial charge in [-0.2, -0.15) is 0 Å². The lowest BCUT2D eigenvalue weighted by Gasteiger charge is -2.37. The van der Waals surface area contributed by atoms with Crippen molar-refractivity contribution in [3.63, 3.8) is 0 Å². The zero-order valence-corrected chi connectivity index (χ0v) is 17.8. The Morgan fingerprint density at radius 1 is 1.27 bits per heavy atom. The molecule has 1 aromatic heterocycles. The minimum Gasteiger partial charge on any atom is -0.497 e. The van der Waals surface area contributed by atoms with E-state index in [-0.39, 0.29) is 24.0 Å². The van der Waals surface area contributed by atoms with E-state index in [1.165, 1.54) is 5.69 Å². The zero-order valence-electron chi connectivity index (χ0n) is 15.4. The first-order valence-electron chi connectivity index (χ1n) is 8.46. The van der Waals surface area contributed by atoms with Crippen molar-refractivity contribution < 1.29 is 9.26 Å². The molecule has 7 nitrogen and oxygen atoms in total. The largest absolute Gasteiger partial charge is 0.497 e. The van der Waals surface area contributed by atoms with E-state index in [1.807, 2.05) is 32.2 Å². The number of methoxy groups -OCH3 is 1. The standard InChI is InChI=1S/C18H25N5O2.HI/c1-14-11-17(25-21-14)13-20-18(19-2)23-9-7-22(8-10-23)15-5-4-6-16(12-15)24-3;/h4-6,11-12H,7-10,13H2,1-3H3,(H,19,20);1H. The molecule has 0 atom stereocenters. The summed E-state index contributed by atoms with van der Waals surface area (Å²) >= 11 is 0.